The summed E-state index contributed by atoms with van der Waals surface area (Å²) < 4.78 is 10.4. The molecule has 2 aromatic rings. The number of carbonyl (C=O) groups excluding carboxylic acids is 2. The number of para-hydroxylation sites is 1. The van der Waals surface area contributed by atoms with E-state index in [-0.39, 0.29) is 6.61 Å². The van der Waals surface area contributed by atoms with Crippen molar-refractivity contribution in [2.45, 2.75) is 13.5 Å². The molecule has 0 aromatic heterocycles. The van der Waals surface area contributed by atoms with Crippen molar-refractivity contribution in [2.75, 3.05) is 13.2 Å². The van der Waals surface area contributed by atoms with Gasteiger partial charge in [-0.1, -0.05) is 35.9 Å². The van der Waals surface area contributed by atoms with Gasteiger partial charge in [-0.05, 0) is 36.8 Å². The topological polar surface area (TPSA) is 64.6 Å². The van der Waals surface area contributed by atoms with Gasteiger partial charge in [-0.25, -0.2) is 4.79 Å². The van der Waals surface area contributed by atoms with Crippen LogP contribution in [0, 0.1) is 0 Å². The van der Waals surface area contributed by atoms with Crippen LogP contribution in [0.4, 0.5) is 0 Å². The summed E-state index contributed by atoms with van der Waals surface area (Å²) in [6.45, 7) is 2.21. The van der Waals surface area contributed by atoms with E-state index < -0.39 is 11.9 Å². The van der Waals surface area contributed by atoms with Gasteiger partial charge in [-0.15, -0.1) is 0 Å². The molecule has 2 aromatic carbocycles. The zero-order valence-corrected chi connectivity index (χ0v) is 14.0. The molecule has 0 atom stereocenters. The highest BCUT2D eigenvalue weighted by atomic mass is 35.5. The Morgan fingerprint density at radius 3 is 2.67 bits per heavy atom. The maximum absolute atomic E-state index is 12.1. The Kier molecular flexibility index (Phi) is 6.63. The first-order valence-electron chi connectivity index (χ1n) is 7.50. The van der Waals surface area contributed by atoms with E-state index in [2.05, 4.69) is 5.32 Å². The smallest absolute Gasteiger partial charge is 0.342 e. The van der Waals surface area contributed by atoms with Crippen LogP contribution in [0.5, 0.6) is 5.75 Å². The fourth-order valence-electron chi connectivity index (χ4n) is 2.02. The molecule has 0 saturated heterocycles. The van der Waals surface area contributed by atoms with Crippen LogP contribution >= 0.6 is 11.6 Å². The molecular formula is C18H18ClNO4. The lowest BCUT2D eigenvalue weighted by atomic mass is 10.2. The molecule has 6 heteroatoms. The summed E-state index contributed by atoms with van der Waals surface area (Å²) >= 11 is 5.88. The van der Waals surface area contributed by atoms with Gasteiger partial charge in [0.05, 0.1) is 6.61 Å². The summed E-state index contributed by atoms with van der Waals surface area (Å²) in [5.41, 5.74) is 1.16. The molecular weight excluding hydrogens is 330 g/mol. The number of esters is 1. The first kappa shape index (κ1) is 17.8. The van der Waals surface area contributed by atoms with Gasteiger partial charge in [-0.3, -0.25) is 4.79 Å². The normalized spacial score (nSPS) is 10.1. The second-order valence-corrected chi connectivity index (χ2v) is 5.35. The van der Waals surface area contributed by atoms with Crippen molar-refractivity contribution in [3.63, 3.8) is 0 Å². The van der Waals surface area contributed by atoms with E-state index in [1.165, 1.54) is 0 Å². The molecule has 0 unspecified atom stereocenters. The van der Waals surface area contributed by atoms with E-state index in [9.17, 15) is 9.59 Å². The highest BCUT2D eigenvalue weighted by Crippen LogP contribution is 2.18. The number of nitrogens with one attached hydrogen (secondary N) is 1. The van der Waals surface area contributed by atoms with Crippen LogP contribution in [0.1, 0.15) is 22.8 Å². The number of ether oxygens (including phenoxy) is 2. The van der Waals surface area contributed by atoms with Gasteiger partial charge >= 0.3 is 5.97 Å². The van der Waals surface area contributed by atoms with Crippen LogP contribution in [0.2, 0.25) is 5.02 Å². The zero-order chi connectivity index (χ0) is 17.4. The number of hydrogen-bond acceptors (Lipinski definition) is 4. The monoisotopic (exact) mass is 347 g/mol. The average molecular weight is 348 g/mol. The van der Waals surface area contributed by atoms with Gasteiger partial charge in [0.25, 0.3) is 5.91 Å². The van der Waals surface area contributed by atoms with Crippen molar-refractivity contribution in [3.8, 4) is 5.75 Å². The van der Waals surface area contributed by atoms with Crippen LogP contribution in [-0.4, -0.2) is 25.1 Å². The second kappa shape index (κ2) is 8.93. The van der Waals surface area contributed by atoms with Crippen LogP contribution in [-0.2, 0) is 16.1 Å². The molecule has 0 radical (unpaired) electrons. The molecule has 1 amide bonds. The molecule has 5 nitrogen and oxygen atoms in total. The number of carbonyl (C=O) groups is 2. The number of amides is 1. The summed E-state index contributed by atoms with van der Waals surface area (Å²) in [6, 6.07) is 13.9. The minimum Gasteiger partial charge on any atom is -0.493 e. The lowest BCUT2D eigenvalue weighted by Gasteiger charge is -2.10. The molecule has 0 aliphatic rings. The van der Waals surface area contributed by atoms with Gasteiger partial charge in [0.2, 0.25) is 0 Å². The Bertz CT molecular complexity index is 718. The molecule has 24 heavy (non-hydrogen) atoms. The quantitative estimate of drug-likeness (QED) is 0.781. The molecule has 2 rings (SSSR count). The predicted octanol–water partition coefficient (Wildman–Crippen LogP) is 3.21. The van der Waals surface area contributed by atoms with E-state index in [0.29, 0.717) is 29.5 Å². The summed E-state index contributed by atoms with van der Waals surface area (Å²) in [4.78, 5) is 23.9. The minimum absolute atomic E-state index is 0.294. The number of hydrogen-bond donors (Lipinski definition) is 1. The Labute approximate surface area is 145 Å². The van der Waals surface area contributed by atoms with Crippen molar-refractivity contribution >= 4 is 23.5 Å². The van der Waals surface area contributed by atoms with E-state index in [1.807, 2.05) is 13.0 Å². The lowest BCUT2D eigenvalue weighted by Crippen LogP contribution is -2.28. The van der Waals surface area contributed by atoms with Crippen molar-refractivity contribution in [2.24, 2.45) is 0 Å². The average Bonchev–Trinajstić information content (AvgIpc) is 2.59. The molecule has 0 spiro atoms. The van der Waals surface area contributed by atoms with E-state index >= 15 is 0 Å². The van der Waals surface area contributed by atoms with E-state index in [0.717, 1.165) is 5.56 Å². The van der Waals surface area contributed by atoms with Gasteiger partial charge in [-0.2, -0.15) is 0 Å². The van der Waals surface area contributed by atoms with E-state index in [4.69, 9.17) is 21.1 Å². The van der Waals surface area contributed by atoms with Gasteiger partial charge in [0, 0.05) is 11.6 Å². The summed E-state index contributed by atoms with van der Waals surface area (Å²) in [6.07, 6.45) is 0. The fourth-order valence-corrected chi connectivity index (χ4v) is 2.24. The first-order valence-corrected chi connectivity index (χ1v) is 7.88. The lowest BCUT2D eigenvalue weighted by molar-refractivity contribution is -0.124. The second-order valence-electron chi connectivity index (χ2n) is 4.91. The van der Waals surface area contributed by atoms with E-state index in [1.54, 1.807) is 42.5 Å². The molecule has 126 valence electrons. The maximum Gasteiger partial charge on any atom is 0.342 e. The number of rotatable bonds is 7. The number of halogens is 1. The molecule has 0 aliphatic heterocycles. The third kappa shape index (κ3) is 5.28. The molecule has 0 heterocycles. The zero-order valence-electron chi connectivity index (χ0n) is 13.3. The first-order chi connectivity index (χ1) is 11.6. The highest BCUT2D eigenvalue weighted by molar-refractivity contribution is 6.30. The summed E-state index contributed by atoms with van der Waals surface area (Å²) in [5, 5.41) is 3.26. The predicted molar refractivity (Wildman–Crippen MR) is 91.2 cm³/mol. The third-order valence-corrected chi connectivity index (χ3v) is 3.35. The molecule has 0 bridgehead atoms. The molecule has 0 aliphatic carbocycles. The maximum atomic E-state index is 12.1. The van der Waals surface area contributed by atoms with Crippen LogP contribution in [0.25, 0.3) is 0 Å². The molecule has 1 N–H and O–H groups in total. The van der Waals surface area contributed by atoms with Gasteiger partial charge < -0.3 is 14.8 Å². The highest BCUT2D eigenvalue weighted by Gasteiger charge is 2.14. The fraction of sp³-hybridized carbons (Fsp3) is 0.222. The van der Waals surface area contributed by atoms with Crippen LogP contribution in [0.3, 0.4) is 0 Å². The standard InChI is InChI=1S/C18H18ClNO4/c1-2-23-16-9-4-3-8-15(16)18(22)24-12-17(21)20-11-13-6-5-7-14(19)10-13/h3-10H,2,11-12H2,1H3,(H,20,21). The minimum atomic E-state index is -0.600. The Balaban J connectivity index is 1.84. The SMILES string of the molecule is CCOc1ccccc1C(=O)OCC(=O)NCc1cccc(Cl)c1. The molecule has 0 fully saturated rings. The third-order valence-electron chi connectivity index (χ3n) is 3.12. The van der Waals surface area contributed by atoms with Crippen LogP contribution < -0.4 is 10.1 Å². The van der Waals surface area contributed by atoms with Gasteiger partial charge in [0.15, 0.2) is 6.61 Å². The van der Waals surface area contributed by atoms with Gasteiger partial charge in [0.1, 0.15) is 11.3 Å². The largest absolute Gasteiger partial charge is 0.493 e. The number of benzene rings is 2. The van der Waals surface area contributed by atoms with Crippen molar-refractivity contribution in [1.82, 2.24) is 5.32 Å². The Hall–Kier alpha value is -2.53. The summed E-state index contributed by atoms with van der Waals surface area (Å²) in [7, 11) is 0. The Morgan fingerprint density at radius 1 is 1.12 bits per heavy atom. The van der Waals surface area contributed by atoms with Crippen LogP contribution in [0.15, 0.2) is 48.5 Å². The summed E-state index contributed by atoms with van der Waals surface area (Å²) in [5.74, 6) is -0.557. The van der Waals surface area contributed by atoms with Crippen molar-refractivity contribution < 1.29 is 19.1 Å². The Morgan fingerprint density at radius 2 is 1.92 bits per heavy atom. The van der Waals surface area contributed by atoms with Crippen molar-refractivity contribution in [1.29, 1.82) is 0 Å². The van der Waals surface area contributed by atoms with Crippen molar-refractivity contribution in [3.05, 3.63) is 64.7 Å². The molecule has 0 saturated carbocycles.